The van der Waals surface area contributed by atoms with Gasteiger partial charge in [-0.25, -0.2) is 4.79 Å². The summed E-state index contributed by atoms with van der Waals surface area (Å²) in [5.41, 5.74) is 5.24. The SMILES string of the molecule is Cc1cc(C)c(COC(=O)c2ccccc2)c(C)c1. The Kier molecular flexibility index (Phi) is 4.00. The predicted molar refractivity (Wildman–Crippen MR) is 76.2 cm³/mol. The average Bonchev–Trinajstić information content (AvgIpc) is 2.38. The highest BCUT2D eigenvalue weighted by molar-refractivity contribution is 5.89. The number of hydrogen-bond acceptors (Lipinski definition) is 2. The van der Waals surface area contributed by atoms with Gasteiger partial charge in [0.25, 0.3) is 0 Å². The fourth-order valence-corrected chi connectivity index (χ4v) is 2.23. The van der Waals surface area contributed by atoms with Gasteiger partial charge in [0.1, 0.15) is 6.61 Å². The van der Waals surface area contributed by atoms with Crippen molar-refractivity contribution in [2.45, 2.75) is 27.4 Å². The minimum Gasteiger partial charge on any atom is -0.457 e. The van der Waals surface area contributed by atoms with Crippen molar-refractivity contribution < 1.29 is 9.53 Å². The van der Waals surface area contributed by atoms with Crippen LogP contribution in [0.5, 0.6) is 0 Å². The van der Waals surface area contributed by atoms with E-state index < -0.39 is 0 Å². The number of hydrogen-bond donors (Lipinski definition) is 0. The highest BCUT2D eigenvalue weighted by Gasteiger charge is 2.09. The van der Waals surface area contributed by atoms with E-state index in [2.05, 4.69) is 19.1 Å². The number of carbonyl (C=O) groups is 1. The Hall–Kier alpha value is -2.09. The largest absolute Gasteiger partial charge is 0.457 e. The van der Waals surface area contributed by atoms with Gasteiger partial charge in [0, 0.05) is 0 Å². The van der Waals surface area contributed by atoms with Gasteiger partial charge in [-0.15, -0.1) is 0 Å². The van der Waals surface area contributed by atoms with E-state index in [0.717, 1.165) is 5.56 Å². The van der Waals surface area contributed by atoms with E-state index in [0.29, 0.717) is 12.2 Å². The summed E-state index contributed by atoms with van der Waals surface area (Å²) in [5.74, 6) is -0.278. The van der Waals surface area contributed by atoms with Crippen molar-refractivity contribution >= 4 is 5.97 Å². The lowest BCUT2D eigenvalue weighted by Gasteiger charge is -2.12. The van der Waals surface area contributed by atoms with Gasteiger partial charge < -0.3 is 4.74 Å². The van der Waals surface area contributed by atoms with Crippen LogP contribution in [0.15, 0.2) is 42.5 Å². The number of benzene rings is 2. The Morgan fingerprint density at radius 2 is 1.58 bits per heavy atom. The van der Waals surface area contributed by atoms with E-state index >= 15 is 0 Å². The molecule has 0 saturated heterocycles. The van der Waals surface area contributed by atoms with E-state index in [-0.39, 0.29) is 5.97 Å². The Morgan fingerprint density at radius 1 is 1.00 bits per heavy atom. The zero-order valence-electron chi connectivity index (χ0n) is 11.6. The first-order chi connectivity index (χ1) is 9.08. The van der Waals surface area contributed by atoms with Crippen LogP contribution < -0.4 is 0 Å². The molecule has 0 fully saturated rings. The molecule has 0 amide bonds. The van der Waals surface area contributed by atoms with Crippen molar-refractivity contribution in [3.05, 3.63) is 70.3 Å². The third-order valence-electron chi connectivity index (χ3n) is 3.20. The van der Waals surface area contributed by atoms with Crippen LogP contribution >= 0.6 is 0 Å². The highest BCUT2D eigenvalue weighted by Crippen LogP contribution is 2.18. The summed E-state index contributed by atoms with van der Waals surface area (Å²) in [6.07, 6.45) is 0. The molecule has 0 N–H and O–H groups in total. The van der Waals surface area contributed by atoms with Crippen LogP contribution in [0.25, 0.3) is 0 Å². The number of esters is 1. The van der Waals surface area contributed by atoms with Crippen molar-refractivity contribution in [1.82, 2.24) is 0 Å². The second-order valence-electron chi connectivity index (χ2n) is 4.82. The smallest absolute Gasteiger partial charge is 0.338 e. The molecule has 2 nitrogen and oxygen atoms in total. The predicted octanol–water partition coefficient (Wildman–Crippen LogP) is 3.97. The van der Waals surface area contributed by atoms with E-state index in [1.807, 2.05) is 32.0 Å². The van der Waals surface area contributed by atoms with Gasteiger partial charge in [-0.2, -0.15) is 0 Å². The molecule has 98 valence electrons. The maximum Gasteiger partial charge on any atom is 0.338 e. The van der Waals surface area contributed by atoms with Gasteiger partial charge in [-0.05, 0) is 49.6 Å². The third kappa shape index (κ3) is 3.22. The normalized spacial score (nSPS) is 10.3. The average molecular weight is 254 g/mol. The van der Waals surface area contributed by atoms with E-state index in [1.54, 1.807) is 12.1 Å². The lowest BCUT2D eigenvalue weighted by molar-refractivity contribution is 0.0471. The molecular weight excluding hydrogens is 236 g/mol. The van der Waals surface area contributed by atoms with Crippen LogP contribution in [0.3, 0.4) is 0 Å². The zero-order valence-corrected chi connectivity index (χ0v) is 11.6. The van der Waals surface area contributed by atoms with Crippen molar-refractivity contribution in [1.29, 1.82) is 0 Å². The van der Waals surface area contributed by atoms with Gasteiger partial charge >= 0.3 is 5.97 Å². The van der Waals surface area contributed by atoms with Crippen LogP contribution in [0.1, 0.15) is 32.6 Å². The molecule has 0 unspecified atom stereocenters. The van der Waals surface area contributed by atoms with Gasteiger partial charge in [0.15, 0.2) is 0 Å². The minimum absolute atomic E-state index is 0.278. The molecule has 0 aliphatic rings. The Bertz CT molecular complexity index is 562. The van der Waals surface area contributed by atoms with Gasteiger partial charge in [-0.1, -0.05) is 35.9 Å². The quantitative estimate of drug-likeness (QED) is 0.775. The summed E-state index contributed by atoms with van der Waals surface area (Å²) < 4.78 is 5.38. The molecule has 0 radical (unpaired) electrons. The Balaban J connectivity index is 2.10. The maximum atomic E-state index is 11.9. The fraction of sp³-hybridized carbons (Fsp3) is 0.235. The molecule has 0 bridgehead atoms. The molecule has 2 aromatic carbocycles. The topological polar surface area (TPSA) is 26.3 Å². The summed E-state index contributed by atoms with van der Waals surface area (Å²) in [7, 11) is 0. The fourth-order valence-electron chi connectivity index (χ4n) is 2.23. The third-order valence-corrected chi connectivity index (χ3v) is 3.20. The Morgan fingerprint density at radius 3 is 2.16 bits per heavy atom. The first-order valence-electron chi connectivity index (χ1n) is 6.37. The highest BCUT2D eigenvalue weighted by atomic mass is 16.5. The summed E-state index contributed by atoms with van der Waals surface area (Å²) in [6.45, 7) is 6.49. The molecule has 19 heavy (non-hydrogen) atoms. The summed E-state index contributed by atoms with van der Waals surface area (Å²) in [6, 6.07) is 13.3. The van der Waals surface area contributed by atoms with Crippen LogP contribution in [0.4, 0.5) is 0 Å². The molecular formula is C17H18O2. The van der Waals surface area contributed by atoms with E-state index in [4.69, 9.17) is 4.74 Å². The number of aryl methyl sites for hydroxylation is 3. The van der Waals surface area contributed by atoms with Crippen molar-refractivity contribution in [3.8, 4) is 0 Å². The molecule has 0 saturated carbocycles. The lowest BCUT2D eigenvalue weighted by Crippen LogP contribution is -2.07. The van der Waals surface area contributed by atoms with Crippen LogP contribution in [0.2, 0.25) is 0 Å². The number of ether oxygens (including phenoxy) is 1. The van der Waals surface area contributed by atoms with Crippen molar-refractivity contribution in [2.24, 2.45) is 0 Å². The van der Waals surface area contributed by atoms with Gasteiger partial charge in [0.2, 0.25) is 0 Å². The molecule has 0 spiro atoms. The van der Waals surface area contributed by atoms with Crippen LogP contribution in [-0.2, 0) is 11.3 Å². The molecule has 2 heteroatoms. The molecule has 2 aromatic rings. The van der Waals surface area contributed by atoms with Crippen LogP contribution in [-0.4, -0.2) is 5.97 Å². The summed E-state index contributed by atoms with van der Waals surface area (Å²) >= 11 is 0. The lowest BCUT2D eigenvalue weighted by atomic mass is 10.0. The first kappa shape index (κ1) is 13.3. The standard InChI is InChI=1S/C17H18O2/c1-12-9-13(2)16(14(3)10-12)11-19-17(18)15-7-5-4-6-8-15/h4-10H,11H2,1-3H3. The number of rotatable bonds is 3. The second-order valence-corrected chi connectivity index (χ2v) is 4.82. The first-order valence-corrected chi connectivity index (χ1v) is 6.37. The maximum absolute atomic E-state index is 11.9. The van der Waals surface area contributed by atoms with E-state index in [1.165, 1.54) is 16.7 Å². The molecule has 0 atom stereocenters. The van der Waals surface area contributed by atoms with Gasteiger partial charge in [-0.3, -0.25) is 0 Å². The molecule has 0 aromatic heterocycles. The minimum atomic E-state index is -0.278. The molecule has 2 rings (SSSR count). The molecule has 0 aliphatic heterocycles. The monoisotopic (exact) mass is 254 g/mol. The second kappa shape index (κ2) is 5.70. The molecule has 0 aliphatic carbocycles. The summed E-state index contributed by atoms with van der Waals surface area (Å²) in [4.78, 5) is 11.9. The summed E-state index contributed by atoms with van der Waals surface area (Å²) in [5, 5.41) is 0. The molecule has 0 heterocycles. The van der Waals surface area contributed by atoms with E-state index in [9.17, 15) is 4.79 Å². The Labute approximate surface area is 114 Å². The number of carbonyl (C=O) groups excluding carboxylic acids is 1. The van der Waals surface area contributed by atoms with Gasteiger partial charge in [0.05, 0.1) is 5.56 Å². The zero-order chi connectivity index (χ0) is 13.8. The van der Waals surface area contributed by atoms with Crippen LogP contribution in [0, 0.1) is 20.8 Å². The van der Waals surface area contributed by atoms with Crippen molar-refractivity contribution in [2.75, 3.05) is 0 Å². The van der Waals surface area contributed by atoms with Crippen molar-refractivity contribution in [3.63, 3.8) is 0 Å².